The number of benzene rings is 3. The molecule has 0 saturated carbocycles. The lowest BCUT2D eigenvalue weighted by Gasteiger charge is -2.32. The minimum atomic E-state index is -1.08. The van der Waals surface area contributed by atoms with Crippen molar-refractivity contribution in [2.75, 3.05) is 18.4 Å². The van der Waals surface area contributed by atoms with Crippen LogP contribution >= 0.6 is 23.2 Å². The highest BCUT2D eigenvalue weighted by atomic mass is 35.5. The monoisotopic (exact) mass is 795 g/mol. The van der Waals surface area contributed by atoms with Crippen molar-refractivity contribution >= 4 is 81.6 Å². The number of fused-ring (bicyclic) bond motifs is 3. The fraction of sp³-hybridized carbons (Fsp3) is 0.263. The van der Waals surface area contributed by atoms with Crippen molar-refractivity contribution in [2.45, 2.75) is 50.6 Å². The van der Waals surface area contributed by atoms with Crippen LogP contribution in [0.25, 0.3) is 0 Å². The van der Waals surface area contributed by atoms with Crippen LogP contribution in [0.3, 0.4) is 0 Å². The molecule has 0 radical (unpaired) electrons. The Balaban J connectivity index is 0.903. The fourth-order valence-electron chi connectivity index (χ4n) is 7.34. The zero-order valence-corrected chi connectivity index (χ0v) is 30.9. The number of H-pyrrole nitrogens is 1. The van der Waals surface area contributed by atoms with Crippen LogP contribution in [0.5, 0.6) is 0 Å². The van der Waals surface area contributed by atoms with Crippen LogP contribution in [0.4, 0.5) is 17.1 Å². The van der Waals surface area contributed by atoms with Crippen LogP contribution in [-0.4, -0.2) is 86.5 Å². The Bertz CT molecular complexity index is 2400. The molecular formula is C38H31Cl2N9O7. The molecule has 8 rings (SSSR count). The third-order valence-corrected chi connectivity index (χ3v) is 10.9. The minimum Gasteiger partial charge on any atom is -0.348 e. The molecule has 4 aromatic rings. The van der Waals surface area contributed by atoms with Gasteiger partial charge in [-0.15, -0.1) is 0 Å². The first-order valence-electron chi connectivity index (χ1n) is 17.8. The quantitative estimate of drug-likeness (QED) is 0.196. The van der Waals surface area contributed by atoms with E-state index in [4.69, 9.17) is 23.2 Å². The highest BCUT2D eigenvalue weighted by Crippen LogP contribution is 2.37. The molecule has 16 nitrogen and oxygen atoms in total. The van der Waals surface area contributed by atoms with Gasteiger partial charge in [0.1, 0.15) is 6.04 Å². The predicted molar refractivity (Wildman–Crippen MR) is 201 cm³/mol. The number of aromatic nitrogens is 2. The van der Waals surface area contributed by atoms with Crippen molar-refractivity contribution in [2.24, 2.45) is 10.2 Å². The summed E-state index contributed by atoms with van der Waals surface area (Å²) in [4.78, 5) is 93.1. The van der Waals surface area contributed by atoms with E-state index in [0.717, 1.165) is 10.5 Å². The van der Waals surface area contributed by atoms with Gasteiger partial charge >= 0.3 is 0 Å². The van der Waals surface area contributed by atoms with Crippen molar-refractivity contribution in [3.8, 4) is 0 Å². The normalized spacial score (nSPS) is 18.6. The van der Waals surface area contributed by atoms with Gasteiger partial charge in [-0.2, -0.15) is 15.3 Å². The number of azo groups is 1. The van der Waals surface area contributed by atoms with E-state index in [1.54, 1.807) is 29.2 Å². The zero-order valence-electron chi connectivity index (χ0n) is 29.4. The van der Waals surface area contributed by atoms with Crippen molar-refractivity contribution in [1.82, 2.24) is 30.6 Å². The lowest BCUT2D eigenvalue weighted by Crippen LogP contribution is -2.54. The van der Waals surface area contributed by atoms with Gasteiger partial charge in [0.2, 0.25) is 11.8 Å². The molecule has 56 heavy (non-hydrogen) atoms. The number of anilines is 1. The largest absolute Gasteiger partial charge is 0.348 e. The number of halogens is 2. The van der Waals surface area contributed by atoms with Crippen LogP contribution in [0.1, 0.15) is 88.7 Å². The summed E-state index contributed by atoms with van der Waals surface area (Å²) in [6, 6.07) is 11.7. The Hall–Kier alpha value is -6.26. The number of hydrogen-bond acceptors (Lipinski definition) is 10. The zero-order chi connectivity index (χ0) is 39.2. The second-order valence-corrected chi connectivity index (χ2v) is 14.6. The summed E-state index contributed by atoms with van der Waals surface area (Å²) in [5, 5.41) is 23.6. The molecule has 4 N–H and O–H groups in total. The number of rotatable bonds is 6. The molecule has 3 aromatic carbocycles. The van der Waals surface area contributed by atoms with E-state index in [-0.39, 0.29) is 62.9 Å². The number of aromatic amines is 1. The van der Waals surface area contributed by atoms with Crippen LogP contribution in [-0.2, 0) is 22.4 Å². The van der Waals surface area contributed by atoms with Gasteiger partial charge in [-0.05, 0) is 79.6 Å². The molecule has 0 spiro atoms. The van der Waals surface area contributed by atoms with Crippen LogP contribution in [0, 0.1) is 0 Å². The highest BCUT2D eigenvalue weighted by molar-refractivity contribution is 6.40. The number of piperidine rings is 2. The first kappa shape index (κ1) is 36.7. The maximum Gasteiger partial charge on any atom is 0.274 e. The van der Waals surface area contributed by atoms with E-state index < -0.39 is 41.5 Å². The summed E-state index contributed by atoms with van der Waals surface area (Å²) in [6.07, 6.45) is 3.41. The number of carbonyl (C=O) groups excluding carboxylic acids is 7. The Kier molecular flexibility index (Phi) is 9.68. The minimum absolute atomic E-state index is 0.0173. The van der Waals surface area contributed by atoms with Gasteiger partial charge < -0.3 is 15.5 Å². The average molecular weight is 797 g/mol. The molecule has 0 bridgehead atoms. The van der Waals surface area contributed by atoms with Crippen LogP contribution in [0.15, 0.2) is 65.0 Å². The maximum absolute atomic E-state index is 13.6. The lowest BCUT2D eigenvalue weighted by atomic mass is 9.96. The van der Waals surface area contributed by atoms with Crippen molar-refractivity contribution in [3.05, 3.63) is 104 Å². The summed E-state index contributed by atoms with van der Waals surface area (Å²) in [7, 11) is 0. The second-order valence-electron chi connectivity index (χ2n) is 13.8. The summed E-state index contributed by atoms with van der Waals surface area (Å²) < 4.78 is 0. The molecule has 1 unspecified atom stereocenters. The van der Waals surface area contributed by atoms with E-state index in [2.05, 4.69) is 36.4 Å². The summed E-state index contributed by atoms with van der Waals surface area (Å²) in [5.41, 5.74) is 3.34. The van der Waals surface area contributed by atoms with Gasteiger partial charge in [0.05, 0.1) is 43.8 Å². The van der Waals surface area contributed by atoms with Crippen molar-refractivity contribution in [3.63, 3.8) is 0 Å². The average Bonchev–Trinajstić information content (AvgIpc) is 3.73. The molecule has 1 atom stereocenters. The van der Waals surface area contributed by atoms with Gasteiger partial charge in [0, 0.05) is 37.3 Å². The molecule has 0 aliphatic carbocycles. The molecule has 1 aromatic heterocycles. The molecule has 18 heteroatoms. The standard InChI is InChI=1S/C38H31Cl2N9O7/c39-24-2-1-3-25(40)31(24)34(52)43-28-17-41-47-32(28)35(53)42-21-10-12-48(13-11-21)36(54)20-7-5-18-4-6-19-14-22-23(16-27(19)46-45-26(18)15-20)38(56)49(37(22)55)29-8-9-30(50)44-33(29)51/h1-3,5,7,14-17,21,29H,4,6,8-13H2,(H,41,47)(H,42,53)(H,43,52)(H,44,50,51)/b46-45-. The van der Waals surface area contributed by atoms with Gasteiger partial charge in [0.25, 0.3) is 29.5 Å². The number of carbonyl (C=O) groups is 7. The SMILES string of the molecule is O=C1CCC(N2C(=O)c3cc4c(cc3C2=O)/N=N\c2cc(C(=O)N3CCC(NC(=O)c5n[nH]cc5NC(=O)c5c(Cl)cccc5Cl)CC3)ccc2CC4)C(=O)N1. The molecule has 4 aliphatic rings. The van der Waals surface area contributed by atoms with Gasteiger partial charge in [0.15, 0.2) is 5.69 Å². The van der Waals surface area contributed by atoms with E-state index in [9.17, 15) is 33.6 Å². The van der Waals surface area contributed by atoms with Gasteiger partial charge in [-0.1, -0.05) is 35.3 Å². The third kappa shape index (κ3) is 6.81. The molecule has 5 heterocycles. The second kappa shape index (κ2) is 14.8. The highest BCUT2D eigenvalue weighted by Gasteiger charge is 2.45. The number of aryl methyl sites for hydroxylation is 2. The Morgan fingerprint density at radius 1 is 0.786 bits per heavy atom. The Morgan fingerprint density at radius 2 is 1.46 bits per heavy atom. The van der Waals surface area contributed by atoms with E-state index in [1.165, 1.54) is 24.4 Å². The summed E-state index contributed by atoms with van der Waals surface area (Å²) in [5.74, 6) is -3.67. The topological polar surface area (TPSA) is 215 Å². The summed E-state index contributed by atoms with van der Waals surface area (Å²) in [6.45, 7) is 0.747. The number of amides is 7. The lowest BCUT2D eigenvalue weighted by molar-refractivity contribution is -0.136. The van der Waals surface area contributed by atoms with Crippen molar-refractivity contribution < 1.29 is 33.6 Å². The molecule has 4 aliphatic heterocycles. The van der Waals surface area contributed by atoms with Crippen LogP contribution in [0.2, 0.25) is 10.0 Å². The predicted octanol–water partition coefficient (Wildman–Crippen LogP) is 4.92. The number of nitrogens with zero attached hydrogens (tertiary/aromatic N) is 5. The van der Waals surface area contributed by atoms with E-state index in [1.807, 2.05) is 6.07 Å². The number of hydrogen-bond donors (Lipinski definition) is 4. The number of imide groups is 2. The Morgan fingerprint density at radius 3 is 2.18 bits per heavy atom. The number of nitrogens with one attached hydrogen (secondary N) is 4. The molecule has 2 saturated heterocycles. The Labute approximate surface area is 328 Å². The first-order valence-corrected chi connectivity index (χ1v) is 18.5. The smallest absolute Gasteiger partial charge is 0.274 e. The third-order valence-electron chi connectivity index (χ3n) is 10.3. The summed E-state index contributed by atoms with van der Waals surface area (Å²) >= 11 is 12.3. The van der Waals surface area contributed by atoms with Crippen molar-refractivity contribution in [1.29, 1.82) is 0 Å². The maximum atomic E-state index is 13.6. The molecule has 284 valence electrons. The van der Waals surface area contributed by atoms with E-state index >= 15 is 0 Å². The fourth-order valence-corrected chi connectivity index (χ4v) is 7.91. The van der Waals surface area contributed by atoms with E-state index in [0.29, 0.717) is 61.3 Å². The van der Waals surface area contributed by atoms with Gasteiger partial charge in [-0.25, -0.2) is 0 Å². The van der Waals surface area contributed by atoms with Crippen LogP contribution < -0.4 is 16.0 Å². The first-order chi connectivity index (χ1) is 27.0. The molecule has 2 fully saturated rings. The number of likely N-dealkylation sites (tertiary alicyclic amines) is 1. The van der Waals surface area contributed by atoms with Gasteiger partial charge in [-0.3, -0.25) is 48.9 Å². The molecule has 7 amide bonds. The molecular weight excluding hydrogens is 765 g/mol.